The molecule has 0 atom stereocenters. The van der Waals surface area contributed by atoms with Crippen LogP contribution in [0, 0.1) is 23.7 Å². The van der Waals surface area contributed by atoms with E-state index >= 15 is 0 Å². The first-order chi connectivity index (χ1) is 13.6. The van der Waals surface area contributed by atoms with Crippen molar-refractivity contribution in [3.8, 4) is 0 Å². The van der Waals surface area contributed by atoms with E-state index in [0.29, 0.717) is 0 Å². The predicted molar refractivity (Wildman–Crippen MR) is 123 cm³/mol. The number of esters is 2. The van der Waals surface area contributed by atoms with E-state index in [4.69, 9.17) is 9.47 Å². The van der Waals surface area contributed by atoms with Crippen molar-refractivity contribution in [2.45, 2.75) is 72.5 Å². The van der Waals surface area contributed by atoms with Crippen molar-refractivity contribution in [2.75, 3.05) is 0 Å². The van der Waals surface area contributed by atoms with E-state index in [2.05, 4.69) is 0 Å². The van der Waals surface area contributed by atoms with Gasteiger partial charge in [-0.2, -0.15) is 8.42 Å². The van der Waals surface area contributed by atoms with Crippen molar-refractivity contribution in [1.82, 2.24) is 0 Å². The maximum absolute atomic E-state index is 12.7. The summed E-state index contributed by atoms with van der Waals surface area (Å²) < 4.78 is 44.0. The number of hydrogen-bond acceptors (Lipinski definition) is 6. The second kappa shape index (κ2) is 12.5. The van der Waals surface area contributed by atoms with Gasteiger partial charge in [-0.3, -0.25) is 4.55 Å². The van der Waals surface area contributed by atoms with Gasteiger partial charge in [-0.15, -0.1) is 0 Å². The minimum absolute atomic E-state index is 0. The zero-order chi connectivity index (χ0) is 23.4. The van der Waals surface area contributed by atoms with Gasteiger partial charge in [-0.05, 0) is 41.9 Å². The molecular weight excluding hydrogens is 448 g/mol. The van der Waals surface area contributed by atoms with E-state index in [1.54, 1.807) is 0 Å². The van der Waals surface area contributed by atoms with Gasteiger partial charge in [0.1, 0.15) is 12.2 Å². The summed E-state index contributed by atoms with van der Waals surface area (Å²) in [6.07, 6.45) is -0.790. The fourth-order valence-corrected chi connectivity index (χ4v) is 4.00. The van der Waals surface area contributed by atoms with Crippen LogP contribution in [0.25, 0.3) is 0 Å². The van der Waals surface area contributed by atoms with E-state index in [0.717, 1.165) is 12.1 Å². The Bertz CT molecular complexity index is 792. The van der Waals surface area contributed by atoms with E-state index in [1.807, 2.05) is 55.4 Å². The van der Waals surface area contributed by atoms with Crippen molar-refractivity contribution < 1.29 is 32.0 Å². The van der Waals surface area contributed by atoms with E-state index < -0.39 is 39.2 Å². The molecule has 0 saturated carbocycles. The maximum atomic E-state index is 12.7. The fraction of sp³-hybridized carbons (Fsp3) is 0.636. The molecule has 0 aromatic heterocycles. The summed E-state index contributed by atoms with van der Waals surface area (Å²) in [6.45, 7) is 15.3. The molecule has 1 aromatic carbocycles. The molecule has 1 N–H and O–H groups in total. The molecule has 0 unspecified atom stereocenters. The molecule has 1 rings (SSSR count). The van der Waals surface area contributed by atoms with Crippen molar-refractivity contribution in [1.29, 1.82) is 0 Å². The number of benzene rings is 1. The van der Waals surface area contributed by atoms with Crippen LogP contribution in [-0.4, -0.2) is 74.9 Å². The Hall–Kier alpha value is -0.670. The van der Waals surface area contributed by atoms with Crippen LogP contribution in [0.5, 0.6) is 0 Å². The molecule has 0 fully saturated rings. The molecule has 9 heteroatoms. The van der Waals surface area contributed by atoms with Gasteiger partial charge in [-0.25, -0.2) is 9.59 Å². The molecule has 174 valence electrons. The van der Waals surface area contributed by atoms with Crippen LogP contribution in [0.2, 0.25) is 0 Å². The second-order valence-corrected chi connectivity index (χ2v) is 10.4. The molecule has 7 nitrogen and oxygen atoms in total. The summed E-state index contributed by atoms with van der Waals surface area (Å²) in [5.74, 6) is -1.37. The number of carbonyl (C=O) groups excluding carboxylic acids is 2. The fourth-order valence-electron chi connectivity index (χ4n) is 3.45. The molecule has 0 aliphatic heterocycles. The predicted octanol–water partition coefficient (Wildman–Crippen LogP) is 3.69. The van der Waals surface area contributed by atoms with Gasteiger partial charge in [0, 0.05) is 0 Å². The Morgan fingerprint density at radius 3 is 1.23 bits per heavy atom. The van der Waals surface area contributed by atoms with Crippen LogP contribution in [0.15, 0.2) is 23.1 Å². The third-order valence-corrected chi connectivity index (χ3v) is 5.62. The third-order valence-electron chi connectivity index (χ3n) is 4.79. The quantitative estimate of drug-likeness (QED) is 0.324. The summed E-state index contributed by atoms with van der Waals surface area (Å²) in [6, 6.07) is 3.22. The molecule has 0 aliphatic carbocycles. The van der Waals surface area contributed by atoms with Crippen molar-refractivity contribution in [3.05, 3.63) is 29.3 Å². The van der Waals surface area contributed by atoms with Gasteiger partial charge in [0.2, 0.25) is 0 Å². The van der Waals surface area contributed by atoms with E-state index in [-0.39, 0.29) is 72.5 Å². The SMILES string of the molecule is CC(C)C(OC(=O)c1cc(C(=O)OC(C(C)C)C(C)C)cc(S(=O)(=O)O)c1)C(C)C.[CaH2]. The van der Waals surface area contributed by atoms with Crippen molar-refractivity contribution in [3.63, 3.8) is 0 Å². The van der Waals surface area contributed by atoms with Gasteiger partial charge in [0.25, 0.3) is 10.1 Å². The molecule has 0 saturated heterocycles. The van der Waals surface area contributed by atoms with Crippen LogP contribution < -0.4 is 0 Å². The molecule has 0 spiro atoms. The molecule has 1 aromatic rings. The Morgan fingerprint density at radius 2 is 1.00 bits per heavy atom. The monoisotopic (exact) mass is 484 g/mol. The molecule has 0 bridgehead atoms. The average molecular weight is 485 g/mol. The summed E-state index contributed by atoms with van der Waals surface area (Å²) in [5, 5.41) is 0. The van der Waals surface area contributed by atoms with Crippen LogP contribution in [0.3, 0.4) is 0 Å². The van der Waals surface area contributed by atoms with Crippen LogP contribution in [0.1, 0.15) is 76.1 Å². The molecule has 0 amide bonds. The summed E-state index contributed by atoms with van der Waals surface area (Å²) in [5.41, 5.74) is -0.289. The van der Waals surface area contributed by atoms with Crippen LogP contribution in [0.4, 0.5) is 0 Å². The van der Waals surface area contributed by atoms with Crippen LogP contribution in [-0.2, 0) is 19.6 Å². The van der Waals surface area contributed by atoms with Gasteiger partial charge >= 0.3 is 49.7 Å². The first kappa shape index (κ1) is 30.3. The number of ether oxygens (including phenoxy) is 2. The molecule has 0 radical (unpaired) electrons. The summed E-state index contributed by atoms with van der Waals surface area (Å²) in [7, 11) is -4.65. The van der Waals surface area contributed by atoms with Gasteiger partial charge in [0.05, 0.1) is 16.0 Å². The Balaban J connectivity index is 0.00000900. The van der Waals surface area contributed by atoms with E-state index in [1.165, 1.54) is 6.07 Å². The number of hydrogen-bond donors (Lipinski definition) is 1. The number of rotatable bonds is 9. The topological polar surface area (TPSA) is 107 Å². The Morgan fingerprint density at radius 1 is 0.710 bits per heavy atom. The van der Waals surface area contributed by atoms with Crippen molar-refractivity contribution in [2.24, 2.45) is 23.7 Å². The van der Waals surface area contributed by atoms with Gasteiger partial charge in [-0.1, -0.05) is 55.4 Å². The summed E-state index contributed by atoms with van der Waals surface area (Å²) in [4.78, 5) is 24.8. The Labute approximate surface area is 216 Å². The van der Waals surface area contributed by atoms with Crippen LogP contribution >= 0.6 is 0 Å². The van der Waals surface area contributed by atoms with Gasteiger partial charge in [0.15, 0.2) is 0 Å². The zero-order valence-electron chi connectivity index (χ0n) is 19.0. The standard InChI is InChI=1S/C22H34O7S.Ca.2H/c1-12(2)19(13(3)4)28-21(23)16-9-17(11-18(10-16)30(25,26)27)22(24)29-20(14(5)6)15(7)8;;;/h9-15,19-20H,1-8H3,(H,25,26,27);;;. The first-order valence-corrected chi connectivity index (χ1v) is 11.6. The first-order valence-electron chi connectivity index (χ1n) is 10.2. The Kier molecular flexibility index (Phi) is 12.3. The molecule has 31 heavy (non-hydrogen) atoms. The molecule has 0 aliphatic rings. The normalized spacial score (nSPS) is 12.1. The minimum atomic E-state index is -4.65. The number of carbonyl (C=O) groups is 2. The zero-order valence-corrected chi connectivity index (χ0v) is 19.8. The molecule has 0 heterocycles. The van der Waals surface area contributed by atoms with Crippen molar-refractivity contribution >= 4 is 59.8 Å². The summed E-state index contributed by atoms with van der Waals surface area (Å²) >= 11 is 0. The van der Waals surface area contributed by atoms with Gasteiger partial charge < -0.3 is 9.47 Å². The van der Waals surface area contributed by atoms with E-state index in [9.17, 15) is 22.6 Å². The average Bonchev–Trinajstić information content (AvgIpc) is 2.61. The third kappa shape index (κ3) is 9.00. The molecular formula is C22H36CaO7S. The second-order valence-electron chi connectivity index (χ2n) is 8.94.